The Morgan fingerprint density at radius 3 is 2.29 bits per heavy atom. The van der Waals surface area contributed by atoms with Gasteiger partial charge in [0.15, 0.2) is 16.6 Å². The lowest BCUT2D eigenvalue weighted by molar-refractivity contribution is -0.203. The minimum atomic E-state index is -4.52. The maximum absolute atomic E-state index is 13.3. The van der Waals surface area contributed by atoms with Gasteiger partial charge in [0.2, 0.25) is 5.91 Å². The molecule has 1 saturated heterocycles. The normalized spacial score (nSPS) is 16.6. The van der Waals surface area contributed by atoms with E-state index in [1.54, 1.807) is 13.8 Å². The Labute approximate surface area is 300 Å². The standard InChI is InChI=1S/C33H44N4O12S2/c1-22-24(17-26(39)29(25-19-50-31(34)35-25)36-49-33(4,5)47-21-38)30(42)37(22)51(43,44)48-20-32(2,3)15-16-45-27(40)13-9-10-14-28(41)46-18-23-11-7-6-8-12-23/h6-8,11-12,19,21-22,24H,9-10,13-18,20H2,1-5H3,(H2,34,35)/b36-29+/t22-,24-/m0/s1. The van der Waals surface area contributed by atoms with Gasteiger partial charge in [-0.25, -0.2) is 9.29 Å². The molecule has 2 aromatic rings. The van der Waals surface area contributed by atoms with Crippen molar-refractivity contribution in [3.05, 3.63) is 47.0 Å². The number of unbranched alkanes of at least 4 members (excludes halogenated alkanes) is 1. The Morgan fingerprint density at radius 2 is 1.71 bits per heavy atom. The molecule has 51 heavy (non-hydrogen) atoms. The molecule has 1 aliphatic rings. The number of ether oxygens (including phenoxy) is 3. The fourth-order valence-corrected chi connectivity index (χ4v) is 6.71. The van der Waals surface area contributed by atoms with Gasteiger partial charge in [0.1, 0.15) is 12.3 Å². The molecule has 1 amide bonds. The van der Waals surface area contributed by atoms with Gasteiger partial charge in [-0.1, -0.05) is 49.3 Å². The number of nitrogens with zero attached hydrogens (tertiary/aromatic N) is 3. The van der Waals surface area contributed by atoms with Gasteiger partial charge in [0.25, 0.3) is 12.3 Å². The minimum Gasteiger partial charge on any atom is -0.466 e. The summed E-state index contributed by atoms with van der Waals surface area (Å²) < 4.78 is 47.1. The Hall–Kier alpha value is -4.42. The van der Waals surface area contributed by atoms with Gasteiger partial charge < -0.3 is 24.8 Å². The van der Waals surface area contributed by atoms with Crippen molar-refractivity contribution in [2.24, 2.45) is 16.5 Å². The number of ketones is 1. The number of Topliss-reactive ketones (excluding diaryl/α,β-unsaturated/α-hetero) is 1. The van der Waals surface area contributed by atoms with E-state index in [0.717, 1.165) is 16.9 Å². The maximum atomic E-state index is 13.3. The highest BCUT2D eigenvalue weighted by molar-refractivity contribution is 7.85. The van der Waals surface area contributed by atoms with Crippen LogP contribution in [0.4, 0.5) is 5.13 Å². The maximum Gasteiger partial charge on any atom is 0.364 e. The molecule has 1 aromatic heterocycles. The van der Waals surface area contributed by atoms with Gasteiger partial charge in [-0.2, -0.15) is 8.42 Å². The molecule has 2 N–H and O–H groups in total. The van der Waals surface area contributed by atoms with Crippen LogP contribution in [0.3, 0.4) is 0 Å². The van der Waals surface area contributed by atoms with Crippen LogP contribution in [0.15, 0.2) is 40.9 Å². The number of esters is 2. The molecule has 18 heteroatoms. The summed E-state index contributed by atoms with van der Waals surface area (Å²) in [7, 11) is -4.52. The van der Waals surface area contributed by atoms with Crippen molar-refractivity contribution in [3.63, 3.8) is 0 Å². The number of aromatic nitrogens is 1. The summed E-state index contributed by atoms with van der Waals surface area (Å²) in [5.41, 5.74) is 5.61. The first-order valence-electron chi connectivity index (χ1n) is 16.1. The Balaban J connectivity index is 1.42. The van der Waals surface area contributed by atoms with Crippen molar-refractivity contribution < 1.29 is 55.6 Å². The van der Waals surface area contributed by atoms with Gasteiger partial charge in [-0.3, -0.25) is 28.2 Å². The number of rotatable bonds is 22. The number of β-lactam (4-membered cyclic amide) rings is 1. The second kappa shape index (κ2) is 18.2. The van der Waals surface area contributed by atoms with E-state index in [1.807, 2.05) is 30.3 Å². The van der Waals surface area contributed by atoms with Crippen LogP contribution < -0.4 is 5.73 Å². The molecule has 1 fully saturated rings. The highest BCUT2D eigenvalue weighted by Gasteiger charge is 2.52. The average Bonchev–Trinajstić information content (AvgIpc) is 3.49. The molecule has 2 heterocycles. The third-order valence-corrected chi connectivity index (χ3v) is 9.83. The molecule has 0 radical (unpaired) electrons. The molecule has 2 atom stereocenters. The zero-order chi connectivity index (χ0) is 37.8. The van der Waals surface area contributed by atoms with Crippen LogP contribution in [0.2, 0.25) is 0 Å². The van der Waals surface area contributed by atoms with E-state index >= 15 is 0 Å². The number of carbonyl (C=O) groups is 5. The van der Waals surface area contributed by atoms with Crippen molar-refractivity contribution in [1.29, 1.82) is 0 Å². The van der Waals surface area contributed by atoms with E-state index in [4.69, 9.17) is 29.0 Å². The first-order chi connectivity index (χ1) is 23.9. The van der Waals surface area contributed by atoms with E-state index in [0.29, 0.717) is 17.1 Å². The Kier molecular flexibility index (Phi) is 14.6. The van der Waals surface area contributed by atoms with Crippen LogP contribution in [0, 0.1) is 11.3 Å². The predicted octanol–water partition coefficient (Wildman–Crippen LogP) is 3.69. The zero-order valence-corrected chi connectivity index (χ0v) is 30.8. The van der Waals surface area contributed by atoms with Gasteiger partial charge in [0.05, 0.1) is 25.2 Å². The molecule has 0 bridgehead atoms. The summed E-state index contributed by atoms with van der Waals surface area (Å²) in [4.78, 5) is 70.3. The fraction of sp³-hybridized carbons (Fsp3) is 0.545. The number of nitrogen functional groups attached to an aromatic ring is 1. The third kappa shape index (κ3) is 12.7. The SMILES string of the molecule is C[C@H]1[C@H](CC(=O)/C(=N/OC(C)(C)OC=O)c2csc(N)n2)C(=O)N1S(=O)(=O)OCC(C)(C)CCOC(=O)CCCCC(=O)OCc1ccccc1. The van der Waals surface area contributed by atoms with Crippen molar-refractivity contribution in [1.82, 2.24) is 9.29 Å². The highest BCUT2D eigenvalue weighted by atomic mass is 32.2. The monoisotopic (exact) mass is 752 g/mol. The van der Waals surface area contributed by atoms with Crippen LogP contribution in [-0.4, -0.2) is 78.6 Å². The molecular weight excluding hydrogens is 709 g/mol. The van der Waals surface area contributed by atoms with Crippen molar-refractivity contribution in [3.8, 4) is 0 Å². The molecule has 3 rings (SSSR count). The molecule has 0 saturated carbocycles. The summed E-state index contributed by atoms with van der Waals surface area (Å²) in [6.07, 6.45) is 1.03. The second-order valence-corrected chi connectivity index (χ2v) is 15.4. The first kappa shape index (κ1) is 41.0. The van der Waals surface area contributed by atoms with E-state index in [-0.39, 0.29) is 68.1 Å². The quantitative estimate of drug-likeness (QED) is 0.0265. The number of anilines is 1. The number of hydrogen-bond acceptors (Lipinski definition) is 16. The van der Waals surface area contributed by atoms with E-state index in [1.165, 1.54) is 26.2 Å². The third-order valence-electron chi connectivity index (χ3n) is 7.75. The van der Waals surface area contributed by atoms with Crippen LogP contribution in [0.25, 0.3) is 0 Å². The highest BCUT2D eigenvalue weighted by Crippen LogP contribution is 2.34. The van der Waals surface area contributed by atoms with E-state index < -0.39 is 57.5 Å². The van der Waals surface area contributed by atoms with Crippen LogP contribution >= 0.6 is 11.3 Å². The summed E-state index contributed by atoms with van der Waals surface area (Å²) in [6, 6.07) is 8.38. The smallest absolute Gasteiger partial charge is 0.364 e. The Bertz CT molecular complexity index is 1670. The van der Waals surface area contributed by atoms with Gasteiger partial charge in [0, 0.05) is 38.5 Å². The molecule has 1 aromatic carbocycles. The average molecular weight is 753 g/mol. The van der Waals surface area contributed by atoms with Crippen LogP contribution in [0.1, 0.15) is 84.4 Å². The zero-order valence-electron chi connectivity index (χ0n) is 29.2. The minimum absolute atomic E-state index is 0.00822. The molecule has 0 unspecified atom stereocenters. The molecule has 16 nitrogen and oxygen atoms in total. The number of carbonyl (C=O) groups excluding carboxylic acids is 5. The van der Waals surface area contributed by atoms with Gasteiger partial charge >= 0.3 is 22.2 Å². The van der Waals surface area contributed by atoms with Crippen molar-refractivity contribution in [2.75, 3.05) is 18.9 Å². The lowest BCUT2D eigenvalue weighted by Crippen LogP contribution is -2.62. The molecule has 1 aliphatic heterocycles. The predicted molar refractivity (Wildman–Crippen MR) is 184 cm³/mol. The molecule has 0 spiro atoms. The number of thiazole rings is 1. The van der Waals surface area contributed by atoms with E-state index in [2.05, 4.69) is 10.1 Å². The van der Waals surface area contributed by atoms with Crippen LogP contribution in [0.5, 0.6) is 0 Å². The van der Waals surface area contributed by atoms with Crippen LogP contribution in [-0.2, 0) is 64.1 Å². The van der Waals surface area contributed by atoms with E-state index in [9.17, 15) is 32.4 Å². The summed E-state index contributed by atoms with van der Waals surface area (Å²) in [5.74, 6) is -4.85. The largest absolute Gasteiger partial charge is 0.466 e. The lowest BCUT2D eigenvalue weighted by Gasteiger charge is -2.43. The number of oxime groups is 1. The molecule has 280 valence electrons. The van der Waals surface area contributed by atoms with Crippen molar-refractivity contribution >= 4 is 62.6 Å². The van der Waals surface area contributed by atoms with Gasteiger partial charge in [-0.05, 0) is 37.2 Å². The van der Waals surface area contributed by atoms with Crippen molar-refractivity contribution in [2.45, 2.75) is 91.6 Å². The summed E-state index contributed by atoms with van der Waals surface area (Å²) >= 11 is 1.04. The lowest BCUT2D eigenvalue weighted by atomic mass is 9.86. The molecule has 0 aliphatic carbocycles. The number of nitrogens with two attached hydrogens (primary N) is 1. The fourth-order valence-electron chi connectivity index (χ4n) is 4.67. The second-order valence-electron chi connectivity index (χ2n) is 13.0. The Morgan fingerprint density at radius 1 is 1.06 bits per heavy atom. The number of amides is 1. The topological polar surface area (TPSA) is 220 Å². The summed E-state index contributed by atoms with van der Waals surface area (Å²) in [6.45, 7) is 7.71. The summed E-state index contributed by atoms with van der Waals surface area (Å²) in [5, 5.41) is 5.41. The van der Waals surface area contributed by atoms with Gasteiger partial charge in [-0.15, -0.1) is 11.3 Å². The molecular formula is C33H44N4O12S2. The number of benzene rings is 1. The first-order valence-corrected chi connectivity index (χ1v) is 18.4. The number of hydrogen-bond donors (Lipinski definition) is 1.